The van der Waals surface area contributed by atoms with Gasteiger partial charge in [0, 0.05) is 19.2 Å². The lowest BCUT2D eigenvalue weighted by Crippen LogP contribution is -2.54. The zero-order valence-corrected chi connectivity index (χ0v) is 18.0. The van der Waals surface area contributed by atoms with Crippen molar-refractivity contribution in [1.29, 1.82) is 0 Å². The van der Waals surface area contributed by atoms with Gasteiger partial charge < -0.3 is 9.32 Å². The molecular formula is C19H14BrCl2N3O4. The molecule has 10 heteroatoms. The van der Waals surface area contributed by atoms with Crippen LogP contribution in [-0.4, -0.2) is 30.9 Å². The van der Waals surface area contributed by atoms with E-state index < -0.39 is 17.8 Å². The maximum absolute atomic E-state index is 13.0. The lowest BCUT2D eigenvalue weighted by Gasteiger charge is -2.27. The summed E-state index contributed by atoms with van der Waals surface area (Å²) in [6.07, 6.45) is 3.45. The van der Waals surface area contributed by atoms with E-state index in [1.807, 2.05) is 0 Å². The molecule has 2 aliphatic rings. The monoisotopic (exact) mass is 497 g/mol. The lowest BCUT2D eigenvalue weighted by molar-refractivity contribution is -0.122. The van der Waals surface area contributed by atoms with E-state index in [0.29, 0.717) is 11.6 Å². The van der Waals surface area contributed by atoms with Gasteiger partial charge in [0.1, 0.15) is 11.3 Å². The molecule has 0 radical (unpaired) electrons. The summed E-state index contributed by atoms with van der Waals surface area (Å²) in [6, 6.07) is 5.32. The molecule has 29 heavy (non-hydrogen) atoms. The Kier molecular flexibility index (Phi) is 5.42. The van der Waals surface area contributed by atoms with E-state index in [1.165, 1.54) is 18.2 Å². The molecule has 0 atom stereocenters. The van der Waals surface area contributed by atoms with Gasteiger partial charge in [0.2, 0.25) is 5.88 Å². The van der Waals surface area contributed by atoms with Gasteiger partial charge in [0.25, 0.3) is 11.8 Å². The first kappa shape index (κ1) is 20.0. The predicted octanol–water partition coefficient (Wildman–Crippen LogP) is 4.62. The van der Waals surface area contributed by atoms with E-state index in [2.05, 4.69) is 26.1 Å². The van der Waals surface area contributed by atoms with Crippen LogP contribution in [0.3, 0.4) is 0 Å². The van der Waals surface area contributed by atoms with Crippen molar-refractivity contribution in [2.75, 3.05) is 22.9 Å². The average Bonchev–Trinajstić information content (AvgIpc) is 3.31. The zero-order valence-electron chi connectivity index (χ0n) is 14.9. The van der Waals surface area contributed by atoms with Crippen LogP contribution >= 0.6 is 39.1 Å². The lowest BCUT2D eigenvalue weighted by atomic mass is 10.1. The quantitative estimate of drug-likeness (QED) is 0.493. The maximum atomic E-state index is 13.0. The van der Waals surface area contributed by atoms with Gasteiger partial charge in [-0.15, -0.1) is 0 Å². The number of benzene rings is 1. The molecule has 2 aliphatic heterocycles. The molecule has 1 N–H and O–H groups in total. The van der Waals surface area contributed by atoms with Gasteiger partial charge >= 0.3 is 6.03 Å². The fraction of sp³-hybridized carbons (Fsp3) is 0.211. The van der Waals surface area contributed by atoms with Crippen molar-refractivity contribution in [1.82, 2.24) is 5.32 Å². The van der Waals surface area contributed by atoms with Gasteiger partial charge in [0.05, 0.1) is 20.2 Å². The van der Waals surface area contributed by atoms with Crippen LogP contribution in [0.4, 0.5) is 16.4 Å². The number of carbonyl (C=O) groups is 3. The van der Waals surface area contributed by atoms with Gasteiger partial charge in [0.15, 0.2) is 0 Å². The molecular weight excluding hydrogens is 485 g/mol. The van der Waals surface area contributed by atoms with Gasteiger partial charge in [-0.3, -0.25) is 14.9 Å². The zero-order chi connectivity index (χ0) is 20.7. The van der Waals surface area contributed by atoms with E-state index in [-0.39, 0.29) is 21.3 Å². The molecule has 7 nitrogen and oxygen atoms in total. The van der Waals surface area contributed by atoms with Crippen LogP contribution < -0.4 is 15.1 Å². The van der Waals surface area contributed by atoms with E-state index in [0.717, 1.165) is 35.3 Å². The summed E-state index contributed by atoms with van der Waals surface area (Å²) >= 11 is 15.6. The van der Waals surface area contributed by atoms with Crippen LogP contribution in [0.2, 0.25) is 10.0 Å². The summed E-state index contributed by atoms with van der Waals surface area (Å²) in [4.78, 5) is 40.5. The largest absolute Gasteiger partial charge is 0.440 e. The third-order valence-electron chi connectivity index (χ3n) is 4.64. The highest BCUT2D eigenvalue weighted by molar-refractivity contribution is 9.10. The molecule has 2 saturated heterocycles. The minimum atomic E-state index is -0.903. The minimum absolute atomic E-state index is 0.0310. The molecule has 1 aromatic heterocycles. The van der Waals surface area contributed by atoms with Crippen LogP contribution in [0, 0.1) is 0 Å². The number of furan rings is 1. The Labute approximate surface area is 184 Å². The summed E-state index contributed by atoms with van der Waals surface area (Å²) in [5.74, 6) is -0.685. The maximum Gasteiger partial charge on any atom is 0.336 e. The Bertz CT molecular complexity index is 1060. The van der Waals surface area contributed by atoms with Crippen LogP contribution in [0.5, 0.6) is 0 Å². The van der Waals surface area contributed by atoms with Crippen molar-refractivity contribution in [3.05, 3.63) is 50.1 Å². The number of rotatable bonds is 3. The molecule has 0 saturated carbocycles. The molecule has 4 amide bonds. The fourth-order valence-corrected chi connectivity index (χ4v) is 4.20. The average molecular weight is 499 g/mol. The summed E-state index contributed by atoms with van der Waals surface area (Å²) in [5, 5.41) is 2.35. The van der Waals surface area contributed by atoms with Gasteiger partial charge in [-0.1, -0.05) is 29.3 Å². The normalized spacial score (nSPS) is 18.7. The second-order valence-electron chi connectivity index (χ2n) is 6.53. The second-order valence-corrected chi connectivity index (χ2v) is 8.17. The Hall–Kier alpha value is -2.29. The van der Waals surface area contributed by atoms with Crippen molar-refractivity contribution in [2.24, 2.45) is 0 Å². The minimum Gasteiger partial charge on any atom is -0.440 e. The van der Waals surface area contributed by atoms with Crippen LogP contribution in [0.15, 0.2) is 38.7 Å². The SMILES string of the molecule is O=C1NC(=O)N(c2cccc(Cl)c2Cl)C(=O)/C1=C/c1cc(Br)c(N2CCCC2)o1. The molecule has 0 spiro atoms. The molecule has 4 rings (SSSR count). The van der Waals surface area contributed by atoms with Crippen molar-refractivity contribution >= 4 is 74.6 Å². The molecule has 0 bridgehead atoms. The highest BCUT2D eigenvalue weighted by atomic mass is 79.9. The third-order valence-corrected chi connectivity index (χ3v) is 6.02. The standard InChI is InChI=1S/C19H14BrCl2N3O4/c20-12-9-10(29-18(12)24-6-1-2-7-24)8-11-16(26)23-19(28)25(17(11)27)14-5-3-4-13(21)15(14)22/h3-5,8-9H,1-2,6-7H2,(H,23,26,28)/b11-8+. The van der Waals surface area contributed by atoms with Crippen molar-refractivity contribution in [2.45, 2.75) is 12.8 Å². The summed E-state index contributed by atoms with van der Waals surface area (Å²) in [5.41, 5.74) is -0.173. The van der Waals surface area contributed by atoms with E-state index in [4.69, 9.17) is 27.6 Å². The van der Waals surface area contributed by atoms with Crippen LogP contribution in [0.1, 0.15) is 18.6 Å². The molecule has 3 heterocycles. The number of barbiturate groups is 1. The number of imide groups is 2. The predicted molar refractivity (Wildman–Crippen MR) is 113 cm³/mol. The summed E-state index contributed by atoms with van der Waals surface area (Å²) < 4.78 is 6.55. The first-order valence-electron chi connectivity index (χ1n) is 8.76. The van der Waals surface area contributed by atoms with Gasteiger partial charge in [-0.25, -0.2) is 9.69 Å². The van der Waals surface area contributed by atoms with Crippen molar-refractivity contribution < 1.29 is 18.8 Å². The number of anilines is 2. The highest BCUT2D eigenvalue weighted by Crippen LogP contribution is 2.36. The van der Waals surface area contributed by atoms with E-state index in [1.54, 1.807) is 12.1 Å². The first-order valence-corrected chi connectivity index (χ1v) is 10.3. The number of nitrogens with zero attached hydrogens (tertiary/aromatic N) is 2. The van der Waals surface area contributed by atoms with Crippen molar-refractivity contribution in [3.8, 4) is 0 Å². The molecule has 1 aromatic carbocycles. The molecule has 0 aliphatic carbocycles. The number of carbonyl (C=O) groups excluding carboxylic acids is 3. The van der Waals surface area contributed by atoms with Crippen molar-refractivity contribution in [3.63, 3.8) is 0 Å². The number of nitrogens with one attached hydrogen (secondary N) is 1. The second kappa shape index (κ2) is 7.85. The smallest absolute Gasteiger partial charge is 0.336 e. The number of urea groups is 1. The Morgan fingerprint density at radius 3 is 2.59 bits per heavy atom. The number of hydrogen-bond donors (Lipinski definition) is 1. The number of hydrogen-bond acceptors (Lipinski definition) is 5. The topological polar surface area (TPSA) is 82.9 Å². The molecule has 150 valence electrons. The Morgan fingerprint density at radius 1 is 1.14 bits per heavy atom. The summed E-state index contributed by atoms with van der Waals surface area (Å²) in [7, 11) is 0. The van der Waals surface area contributed by atoms with Crippen LogP contribution in [-0.2, 0) is 9.59 Å². The fourth-order valence-electron chi connectivity index (χ4n) is 3.27. The third kappa shape index (κ3) is 3.68. The van der Waals surface area contributed by atoms with Gasteiger partial charge in [-0.05, 0) is 47.0 Å². The molecule has 2 fully saturated rings. The number of amides is 4. The molecule has 0 unspecified atom stereocenters. The Morgan fingerprint density at radius 2 is 1.86 bits per heavy atom. The van der Waals surface area contributed by atoms with Gasteiger partial charge in [-0.2, -0.15) is 0 Å². The number of halogens is 3. The van der Waals surface area contributed by atoms with E-state index in [9.17, 15) is 14.4 Å². The Balaban J connectivity index is 1.71. The first-order chi connectivity index (χ1) is 13.9. The highest BCUT2D eigenvalue weighted by Gasteiger charge is 2.38. The van der Waals surface area contributed by atoms with Crippen LogP contribution in [0.25, 0.3) is 6.08 Å². The van der Waals surface area contributed by atoms with E-state index >= 15 is 0 Å². The summed E-state index contributed by atoms with van der Waals surface area (Å²) in [6.45, 7) is 1.74. The molecule has 2 aromatic rings.